The monoisotopic (exact) mass is 384 g/mol. The lowest BCUT2D eigenvalue weighted by atomic mass is 10.1. The molecule has 150 valence electrons. The normalized spacial score (nSPS) is 16.4. The van der Waals surface area contributed by atoms with Crippen molar-refractivity contribution in [3.8, 4) is 0 Å². The Morgan fingerprint density at radius 2 is 1.82 bits per heavy atom. The fourth-order valence-electron chi connectivity index (χ4n) is 3.59. The average Bonchev–Trinajstić information content (AvgIpc) is 3.15. The number of amides is 2. The quantitative estimate of drug-likeness (QED) is 0.771. The van der Waals surface area contributed by atoms with Gasteiger partial charge in [-0.25, -0.2) is 9.18 Å². The van der Waals surface area contributed by atoms with Crippen molar-refractivity contribution in [1.29, 1.82) is 0 Å². The maximum absolute atomic E-state index is 13.1. The molecular weight excluding hydrogens is 355 g/mol. The zero-order chi connectivity index (χ0) is 19.9. The van der Waals surface area contributed by atoms with E-state index in [1.54, 1.807) is 0 Å². The van der Waals surface area contributed by atoms with Crippen molar-refractivity contribution >= 4 is 11.7 Å². The Bertz CT molecular complexity index is 778. The van der Waals surface area contributed by atoms with Crippen LogP contribution in [-0.4, -0.2) is 44.7 Å². The zero-order valence-corrected chi connectivity index (χ0v) is 16.6. The standard InChI is InChI=1S/C22H29FN4O/c1-26(2)16-19-6-4-3-5-18(19)14-25-22(28)24-13-17-11-12-27(15-17)21-9-7-20(23)8-10-21/h3-10,17H,11-16H2,1-2H3,(H2,24,25,28)/t17-/m1/s1. The third-order valence-electron chi connectivity index (χ3n) is 5.07. The van der Waals surface area contributed by atoms with Crippen molar-refractivity contribution in [1.82, 2.24) is 15.5 Å². The van der Waals surface area contributed by atoms with Gasteiger partial charge in [0, 0.05) is 38.4 Å². The summed E-state index contributed by atoms with van der Waals surface area (Å²) in [5.74, 6) is 0.182. The Morgan fingerprint density at radius 3 is 2.54 bits per heavy atom. The lowest BCUT2D eigenvalue weighted by Crippen LogP contribution is -2.38. The maximum Gasteiger partial charge on any atom is 0.315 e. The number of hydrogen-bond donors (Lipinski definition) is 2. The number of rotatable bonds is 7. The number of anilines is 1. The van der Waals surface area contributed by atoms with Crippen LogP contribution < -0.4 is 15.5 Å². The second kappa shape index (κ2) is 9.55. The molecule has 1 atom stereocenters. The Labute approximate surface area is 166 Å². The summed E-state index contributed by atoms with van der Waals surface area (Å²) in [4.78, 5) is 16.6. The van der Waals surface area contributed by atoms with E-state index in [1.807, 2.05) is 38.4 Å². The molecule has 2 aromatic rings. The summed E-state index contributed by atoms with van der Waals surface area (Å²) in [5.41, 5.74) is 3.39. The summed E-state index contributed by atoms with van der Waals surface area (Å²) in [6.07, 6.45) is 1.02. The van der Waals surface area contributed by atoms with Crippen molar-refractivity contribution in [2.45, 2.75) is 19.5 Å². The maximum atomic E-state index is 13.1. The molecule has 2 aromatic carbocycles. The fourth-order valence-corrected chi connectivity index (χ4v) is 3.59. The third-order valence-corrected chi connectivity index (χ3v) is 5.07. The van der Waals surface area contributed by atoms with E-state index in [0.29, 0.717) is 19.0 Å². The molecule has 3 rings (SSSR count). The van der Waals surface area contributed by atoms with Crippen molar-refractivity contribution in [2.24, 2.45) is 5.92 Å². The van der Waals surface area contributed by atoms with Crippen LogP contribution in [0.3, 0.4) is 0 Å². The average molecular weight is 384 g/mol. The fraction of sp³-hybridized carbons (Fsp3) is 0.409. The summed E-state index contributed by atoms with van der Waals surface area (Å²) < 4.78 is 13.1. The van der Waals surface area contributed by atoms with Crippen LogP contribution in [0.1, 0.15) is 17.5 Å². The minimum Gasteiger partial charge on any atom is -0.371 e. The Balaban J connectivity index is 1.42. The lowest BCUT2D eigenvalue weighted by molar-refractivity contribution is 0.239. The van der Waals surface area contributed by atoms with Gasteiger partial charge in [-0.2, -0.15) is 0 Å². The van der Waals surface area contributed by atoms with Gasteiger partial charge in [0.1, 0.15) is 5.82 Å². The number of carbonyl (C=O) groups is 1. The molecule has 2 N–H and O–H groups in total. The summed E-state index contributed by atoms with van der Waals surface area (Å²) in [7, 11) is 4.07. The van der Waals surface area contributed by atoms with Gasteiger partial charge in [-0.3, -0.25) is 0 Å². The molecule has 0 saturated carbocycles. The van der Waals surface area contributed by atoms with E-state index >= 15 is 0 Å². The van der Waals surface area contributed by atoms with Gasteiger partial charge in [0.25, 0.3) is 0 Å². The van der Waals surface area contributed by atoms with Crippen LogP contribution in [0.5, 0.6) is 0 Å². The highest BCUT2D eigenvalue weighted by Gasteiger charge is 2.23. The highest BCUT2D eigenvalue weighted by molar-refractivity contribution is 5.73. The van der Waals surface area contributed by atoms with Crippen molar-refractivity contribution in [2.75, 3.05) is 38.6 Å². The molecule has 6 heteroatoms. The Kier molecular flexibility index (Phi) is 6.87. The van der Waals surface area contributed by atoms with Crippen LogP contribution in [0, 0.1) is 11.7 Å². The summed E-state index contributed by atoms with van der Waals surface area (Å²) in [5, 5.41) is 5.95. The zero-order valence-electron chi connectivity index (χ0n) is 16.6. The molecule has 0 bridgehead atoms. The van der Waals surface area contributed by atoms with Crippen molar-refractivity contribution in [3.63, 3.8) is 0 Å². The second-order valence-corrected chi connectivity index (χ2v) is 7.65. The van der Waals surface area contributed by atoms with Crippen LogP contribution in [0.15, 0.2) is 48.5 Å². The smallest absolute Gasteiger partial charge is 0.315 e. The molecule has 0 unspecified atom stereocenters. The molecule has 0 spiro atoms. The van der Waals surface area contributed by atoms with Gasteiger partial charge in [-0.1, -0.05) is 24.3 Å². The molecule has 2 amide bonds. The number of benzene rings is 2. The van der Waals surface area contributed by atoms with E-state index in [2.05, 4.69) is 32.6 Å². The lowest BCUT2D eigenvalue weighted by Gasteiger charge is -2.19. The van der Waals surface area contributed by atoms with E-state index in [4.69, 9.17) is 0 Å². The first-order valence-electron chi connectivity index (χ1n) is 9.75. The van der Waals surface area contributed by atoms with Gasteiger partial charge in [0.2, 0.25) is 0 Å². The number of nitrogens with one attached hydrogen (secondary N) is 2. The Morgan fingerprint density at radius 1 is 1.11 bits per heavy atom. The minimum absolute atomic E-state index is 0.139. The van der Waals surface area contributed by atoms with E-state index in [1.165, 1.54) is 17.7 Å². The highest BCUT2D eigenvalue weighted by Crippen LogP contribution is 2.23. The first-order valence-corrected chi connectivity index (χ1v) is 9.75. The molecule has 1 fully saturated rings. The first kappa shape index (κ1) is 20.1. The molecule has 1 saturated heterocycles. The van der Waals surface area contributed by atoms with Gasteiger partial charge in [-0.15, -0.1) is 0 Å². The van der Waals surface area contributed by atoms with E-state index in [9.17, 15) is 9.18 Å². The molecule has 28 heavy (non-hydrogen) atoms. The topological polar surface area (TPSA) is 47.6 Å². The number of nitrogens with zero attached hydrogens (tertiary/aromatic N) is 2. The number of hydrogen-bond acceptors (Lipinski definition) is 3. The van der Waals surface area contributed by atoms with Gasteiger partial charge in [0.05, 0.1) is 0 Å². The van der Waals surface area contributed by atoms with Gasteiger partial charge < -0.3 is 20.4 Å². The molecule has 1 aliphatic heterocycles. The number of urea groups is 1. The minimum atomic E-state index is -0.218. The van der Waals surface area contributed by atoms with Crippen LogP contribution in [-0.2, 0) is 13.1 Å². The Hall–Kier alpha value is -2.60. The molecule has 1 aliphatic rings. The van der Waals surface area contributed by atoms with Crippen LogP contribution >= 0.6 is 0 Å². The number of carbonyl (C=O) groups excluding carboxylic acids is 1. The van der Waals surface area contributed by atoms with Crippen LogP contribution in [0.4, 0.5) is 14.9 Å². The summed E-state index contributed by atoms with van der Waals surface area (Å²) in [6, 6.07) is 14.6. The first-order chi connectivity index (χ1) is 13.5. The molecular formula is C22H29FN4O. The van der Waals surface area contributed by atoms with Gasteiger partial charge in [0.15, 0.2) is 0 Å². The predicted molar refractivity (Wildman–Crippen MR) is 111 cm³/mol. The number of halogens is 1. The molecule has 0 radical (unpaired) electrons. The molecule has 0 aromatic heterocycles. The predicted octanol–water partition coefficient (Wildman–Crippen LogP) is 3.21. The molecule has 5 nitrogen and oxygen atoms in total. The third kappa shape index (κ3) is 5.70. The van der Waals surface area contributed by atoms with Crippen LogP contribution in [0.25, 0.3) is 0 Å². The van der Waals surface area contributed by atoms with Gasteiger partial charge in [-0.05, 0) is 61.8 Å². The van der Waals surface area contributed by atoms with Crippen molar-refractivity contribution in [3.05, 3.63) is 65.5 Å². The summed E-state index contributed by atoms with van der Waals surface area (Å²) >= 11 is 0. The van der Waals surface area contributed by atoms with Crippen LogP contribution in [0.2, 0.25) is 0 Å². The SMILES string of the molecule is CN(C)Cc1ccccc1CNC(=O)NC[C@H]1CCN(c2ccc(F)cc2)C1. The van der Waals surface area contributed by atoms with Crippen molar-refractivity contribution < 1.29 is 9.18 Å². The highest BCUT2D eigenvalue weighted by atomic mass is 19.1. The second-order valence-electron chi connectivity index (χ2n) is 7.65. The largest absolute Gasteiger partial charge is 0.371 e. The summed E-state index contributed by atoms with van der Waals surface area (Å²) in [6.45, 7) is 3.81. The van der Waals surface area contributed by atoms with E-state index in [-0.39, 0.29) is 11.8 Å². The molecule has 1 heterocycles. The molecule has 0 aliphatic carbocycles. The van der Waals surface area contributed by atoms with Gasteiger partial charge >= 0.3 is 6.03 Å². The van der Waals surface area contributed by atoms with E-state index < -0.39 is 0 Å². The van der Waals surface area contributed by atoms with E-state index in [0.717, 1.165) is 37.3 Å².